The monoisotopic (exact) mass is 1020 g/mol. The van der Waals surface area contributed by atoms with Crippen molar-refractivity contribution in [2.24, 2.45) is 23.2 Å². The maximum Gasteiger partial charge on any atom is 0.410 e. The first-order chi connectivity index (χ1) is 32.7. The summed E-state index contributed by atoms with van der Waals surface area (Å²) in [6.45, 7) is 30.0. The molecule has 2 aromatic rings. The normalized spacial score (nSPS) is 26.9. The Bertz CT molecular complexity index is 2230. The number of carbonyl (C=O) groups is 5. The topological polar surface area (TPSA) is 231 Å². The van der Waals surface area contributed by atoms with Crippen LogP contribution in [0.3, 0.4) is 0 Å². The van der Waals surface area contributed by atoms with Crippen LogP contribution in [0.4, 0.5) is 14.4 Å². The first kappa shape index (κ1) is 56.9. The van der Waals surface area contributed by atoms with E-state index in [4.69, 9.17) is 32.7 Å². The second-order valence-corrected chi connectivity index (χ2v) is 22.7. The molecule has 9 rings (SSSR count). The van der Waals surface area contributed by atoms with E-state index in [1.54, 1.807) is 23.6 Å². The van der Waals surface area contributed by atoms with Gasteiger partial charge in [0.2, 0.25) is 11.8 Å². The number of esters is 2. The number of hydrogen-bond donors (Lipinski definition) is 1. The minimum absolute atomic E-state index is 0. The van der Waals surface area contributed by atoms with Crippen molar-refractivity contribution in [3.63, 3.8) is 0 Å². The fourth-order valence-corrected chi connectivity index (χ4v) is 9.75. The Hall–Kier alpha value is -4.98. The Morgan fingerprint density at radius 2 is 1.15 bits per heavy atom. The molecule has 6 heterocycles. The fourth-order valence-electron chi connectivity index (χ4n) is 9.75. The molecule has 7 aliphatic rings. The molecule has 0 spiro atoms. The predicted molar refractivity (Wildman–Crippen MR) is 262 cm³/mol. The summed E-state index contributed by atoms with van der Waals surface area (Å²) in [5, 5.41) is 11.1. The van der Waals surface area contributed by atoms with Crippen molar-refractivity contribution >= 4 is 42.6 Å². The third-order valence-corrected chi connectivity index (χ3v) is 13.5. The van der Waals surface area contributed by atoms with Crippen LogP contribution in [0.15, 0.2) is 20.7 Å². The van der Waals surface area contributed by atoms with Crippen molar-refractivity contribution in [2.75, 3.05) is 65.6 Å². The van der Waals surface area contributed by atoms with Crippen molar-refractivity contribution < 1.29 is 56.7 Å². The van der Waals surface area contributed by atoms with Crippen molar-refractivity contribution in [1.82, 2.24) is 40.3 Å². The molecule has 3 saturated heterocycles. The summed E-state index contributed by atoms with van der Waals surface area (Å²) >= 11 is 0. The van der Waals surface area contributed by atoms with E-state index >= 15 is 0 Å². The molecule has 398 valence electrons. The van der Waals surface area contributed by atoms with E-state index in [-0.39, 0.29) is 53.9 Å². The van der Waals surface area contributed by atoms with Gasteiger partial charge in [-0.15, -0.1) is 12.4 Å². The molecule has 71 heavy (non-hydrogen) atoms. The van der Waals surface area contributed by atoms with Gasteiger partial charge >= 0.3 is 30.2 Å². The molecule has 0 bridgehead atoms. The average molecular weight is 1020 g/mol. The SMILES string of the molecule is CCOC(=O)C12CC1CCN(C(=O)OC(C)(C)C)C2.CCOC(=O)C1=CCCN(C(=O)OC(C)(C)C)C1.Cc1noc(C23CC2CCN(C(=O)OC(C)(C)C)C3)n1.Cc1noc(C23CNCCC2C3)n1.Cl. The molecule has 3 amide bonds. The lowest BCUT2D eigenvalue weighted by atomic mass is 9.97. The average Bonchev–Trinajstić information content (AvgIpc) is 4.22. The zero-order chi connectivity index (χ0) is 51.5. The number of hydrogen-bond acceptors (Lipinski definition) is 17. The van der Waals surface area contributed by atoms with Crippen molar-refractivity contribution in [3.05, 3.63) is 35.1 Å². The molecule has 3 aliphatic carbocycles. The standard InChI is InChI=1S/C14H21N3O3.C14H23NO4.C13H21NO4.C9H13N3O.ClH/c1-9-15-11(20-16-9)14-7-10(14)5-6-17(8-14)12(18)19-13(2,3)4;1-5-18-11(16)14-8-10(14)6-7-15(9-14)12(17)19-13(2,3)4;1-5-17-11(15)10-7-6-8-14(9-10)12(16)18-13(2,3)4;1-6-11-8(13-12-6)9-4-7(9)2-3-10-5-9;/h10H,5-8H2,1-4H3;10H,5-9H2,1-4H3;7H,5-6,8-9H2,1-4H3;7,10H,2-5H2,1H3;1H. The minimum Gasteiger partial charge on any atom is -0.466 e. The Balaban J connectivity index is 0.000000177. The van der Waals surface area contributed by atoms with Crippen LogP contribution in [-0.2, 0) is 44.1 Å². The van der Waals surface area contributed by atoms with Gasteiger partial charge in [0.25, 0.3) is 0 Å². The van der Waals surface area contributed by atoms with Gasteiger partial charge in [-0.1, -0.05) is 16.4 Å². The maximum absolute atomic E-state index is 12.2. The van der Waals surface area contributed by atoms with Crippen molar-refractivity contribution in [1.29, 1.82) is 0 Å². The van der Waals surface area contributed by atoms with Gasteiger partial charge in [0, 0.05) is 39.3 Å². The van der Waals surface area contributed by atoms with E-state index < -0.39 is 28.3 Å². The van der Waals surface area contributed by atoms with Gasteiger partial charge in [0.05, 0.1) is 41.6 Å². The quantitative estimate of drug-likeness (QED) is 0.216. The van der Waals surface area contributed by atoms with Crippen LogP contribution >= 0.6 is 12.4 Å². The number of amides is 3. The highest BCUT2D eigenvalue weighted by Crippen LogP contribution is 2.59. The van der Waals surface area contributed by atoms with Crippen molar-refractivity contribution in [3.8, 4) is 0 Å². The van der Waals surface area contributed by atoms with Crippen LogP contribution in [-0.4, -0.2) is 148 Å². The number of nitrogens with zero attached hydrogens (tertiary/aromatic N) is 7. The third kappa shape index (κ3) is 14.6. The molecule has 6 fully saturated rings. The maximum atomic E-state index is 12.2. The van der Waals surface area contributed by atoms with Crippen LogP contribution in [0.2, 0.25) is 0 Å². The van der Waals surface area contributed by atoms with E-state index in [1.807, 2.05) is 82.2 Å². The molecular weight excluding hydrogens is 940 g/mol. The van der Waals surface area contributed by atoms with Crippen LogP contribution in [0, 0.1) is 37.0 Å². The van der Waals surface area contributed by atoms with Crippen molar-refractivity contribution in [2.45, 2.75) is 163 Å². The molecule has 0 aromatic carbocycles. The number of aryl methyl sites for hydroxylation is 2. The van der Waals surface area contributed by atoms with Gasteiger partial charge in [-0.2, -0.15) is 9.97 Å². The molecular formula is C50H79ClN8O12. The number of piperidine rings is 3. The van der Waals surface area contributed by atoms with Gasteiger partial charge in [0.15, 0.2) is 11.6 Å². The van der Waals surface area contributed by atoms with E-state index in [2.05, 4.69) is 25.6 Å². The zero-order valence-corrected chi connectivity index (χ0v) is 45.1. The number of nitrogens with one attached hydrogen (secondary N) is 1. The van der Waals surface area contributed by atoms with E-state index in [1.165, 1.54) is 17.7 Å². The predicted octanol–water partition coefficient (Wildman–Crippen LogP) is 7.64. The lowest BCUT2D eigenvalue weighted by Gasteiger charge is -2.33. The summed E-state index contributed by atoms with van der Waals surface area (Å²) in [7, 11) is 0. The molecule has 0 radical (unpaired) electrons. The Kier molecular flexibility index (Phi) is 18.0. The molecule has 21 heteroatoms. The Morgan fingerprint density at radius 3 is 1.66 bits per heavy atom. The van der Waals surface area contributed by atoms with Crippen LogP contribution < -0.4 is 5.32 Å². The highest BCUT2D eigenvalue weighted by Gasteiger charge is 2.65. The summed E-state index contributed by atoms with van der Waals surface area (Å²) in [5.41, 5.74) is -1.35. The lowest BCUT2D eigenvalue weighted by molar-refractivity contribution is -0.152. The Labute approximate surface area is 424 Å². The molecule has 1 N–H and O–H groups in total. The highest BCUT2D eigenvalue weighted by molar-refractivity contribution is 5.90. The molecule has 6 atom stereocenters. The number of ether oxygens (including phenoxy) is 5. The summed E-state index contributed by atoms with van der Waals surface area (Å²) in [5.74, 6) is 4.13. The number of likely N-dealkylation sites (tertiary alicyclic amines) is 2. The highest BCUT2D eigenvalue weighted by atomic mass is 35.5. The summed E-state index contributed by atoms with van der Waals surface area (Å²) in [6, 6.07) is 0. The van der Waals surface area contributed by atoms with E-state index in [0.29, 0.717) is 74.9 Å². The zero-order valence-electron chi connectivity index (χ0n) is 44.3. The van der Waals surface area contributed by atoms with Crippen LogP contribution in [0.1, 0.15) is 145 Å². The van der Waals surface area contributed by atoms with Gasteiger partial charge in [0.1, 0.15) is 16.8 Å². The first-order valence-electron chi connectivity index (χ1n) is 25.0. The summed E-state index contributed by atoms with van der Waals surface area (Å²) < 4.78 is 36.7. The number of aromatic nitrogens is 4. The molecule has 2 aromatic heterocycles. The fraction of sp³-hybridized carbons (Fsp3) is 0.780. The largest absolute Gasteiger partial charge is 0.466 e. The van der Waals surface area contributed by atoms with Gasteiger partial charge in [-0.25, -0.2) is 19.2 Å². The number of fused-ring (bicyclic) bond motifs is 3. The van der Waals surface area contributed by atoms with Gasteiger partial charge < -0.3 is 52.7 Å². The molecule has 4 aliphatic heterocycles. The third-order valence-electron chi connectivity index (χ3n) is 13.5. The number of rotatable bonds is 6. The second-order valence-electron chi connectivity index (χ2n) is 22.7. The molecule has 20 nitrogen and oxygen atoms in total. The number of halogens is 1. The smallest absolute Gasteiger partial charge is 0.410 e. The number of carbonyl (C=O) groups excluding carboxylic acids is 5. The van der Waals surface area contributed by atoms with Gasteiger partial charge in [-0.3, -0.25) is 4.79 Å². The first-order valence-corrected chi connectivity index (χ1v) is 25.0. The van der Waals surface area contributed by atoms with Gasteiger partial charge in [-0.05, 0) is 159 Å². The lowest BCUT2D eigenvalue weighted by Crippen LogP contribution is -2.46. The summed E-state index contributed by atoms with van der Waals surface area (Å²) in [4.78, 5) is 73.3. The van der Waals surface area contributed by atoms with Crippen LogP contribution in [0.25, 0.3) is 0 Å². The minimum atomic E-state index is -0.525. The summed E-state index contributed by atoms with van der Waals surface area (Å²) in [6.07, 6.45) is 7.66. The molecule has 3 saturated carbocycles. The molecule has 6 unspecified atom stereocenters. The van der Waals surface area contributed by atoms with Crippen LogP contribution in [0.5, 0.6) is 0 Å². The Morgan fingerprint density at radius 1 is 0.662 bits per heavy atom. The van der Waals surface area contributed by atoms with E-state index in [9.17, 15) is 24.0 Å². The second kappa shape index (κ2) is 22.4. The van der Waals surface area contributed by atoms with E-state index in [0.717, 1.165) is 63.0 Å².